The normalized spacial score (nSPS) is 19.6. The van der Waals surface area contributed by atoms with Crippen molar-refractivity contribution in [3.8, 4) is 11.3 Å². The van der Waals surface area contributed by atoms with Gasteiger partial charge in [0.05, 0.1) is 23.6 Å². The highest BCUT2D eigenvalue weighted by Crippen LogP contribution is 2.39. The number of likely N-dealkylation sites (N-methyl/N-ethyl adjacent to an activating group) is 1. The molecule has 1 atom stereocenters. The minimum absolute atomic E-state index is 0.178. The van der Waals surface area contributed by atoms with E-state index in [1.165, 1.54) is 0 Å². The SMILES string of the molecule is CN(c1cc(-c2[nH]c3c(c2Nc2ccccc2)C(=O)CCC3)ccn1)[C@@H]1COC(C)(C)O1. The Kier molecular flexibility index (Phi) is 5.23. The lowest BCUT2D eigenvalue weighted by molar-refractivity contribution is -0.137. The number of carbonyl (C=O) groups excluding carboxylic acids is 1. The third-order valence-corrected chi connectivity index (χ3v) is 6.05. The van der Waals surface area contributed by atoms with Crippen LogP contribution >= 0.6 is 0 Å². The number of nitrogens with zero attached hydrogens (tertiary/aromatic N) is 2. The van der Waals surface area contributed by atoms with Gasteiger partial charge in [0.1, 0.15) is 5.82 Å². The summed E-state index contributed by atoms with van der Waals surface area (Å²) in [5.41, 5.74) is 5.40. The maximum absolute atomic E-state index is 12.8. The molecule has 32 heavy (non-hydrogen) atoms. The van der Waals surface area contributed by atoms with Crippen LogP contribution < -0.4 is 10.2 Å². The molecule has 2 aromatic heterocycles. The van der Waals surface area contributed by atoms with E-state index < -0.39 is 5.79 Å². The van der Waals surface area contributed by atoms with E-state index in [9.17, 15) is 4.79 Å². The lowest BCUT2D eigenvalue weighted by Crippen LogP contribution is -2.35. The van der Waals surface area contributed by atoms with Gasteiger partial charge >= 0.3 is 0 Å². The van der Waals surface area contributed by atoms with Gasteiger partial charge in [-0.3, -0.25) is 4.79 Å². The van der Waals surface area contributed by atoms with E-state index in [4.69, 9.17) is 9.47 Å². The van der Waals surface area contributed by atoms with Gasteiger partial charge in [-0.2, -0.15) is 0 Å². The van der Waals surface area contributed by atoms with Crippen LogP contribution in [0.5, 0.6) is 0 Å². The van der Waals surface area contributed by atoms with Crippen LogP contribution in [-0.4, -0.2) is 41.4 Å². The zero-order valence-electron chi connectivity index (χ0n) is 18.6. The van der Waals surface area contributed by atoms with Crippen molar-refractivity contribution in [3.05, 3.63) is 59.9 Å². The number of benzene rings is 1. The molecule has 0 unspecified atom stereocenters. The molecular weight excluding hydrogens is 404 g/mol. The maximum atomic E-state index is 12.8. The minimum atomic E-state index is -0.609. The highest BCUT2D eigenvalue weighted by molar-refractivity contribution is 6.07. The Labute approximate surface area is 187 Å². The van der Waals surface area contributed by atoms with Gasteiger partial charge in [0.25, 0.3) is 0 Å². The summed E-state index contributed by atoms with van der Waals surface area (Å²) >= 11 is 0. The standard InChI is InChI=1S/C25H28N4O3/c1-25(2)31-15-21(32-25)29(3)20-14-16(12-13-26-20)23-24(27-17-8-5-4-6-9-17)22-18(28-23)10-7-11-19(22)30/h4-6,8-9,12-14,21,27-28H,7,10-11,15H2,1-3H3/t21-/m0/s1. The van der Waals surface area contributed by atoms with Crippen LogP contribution in [0.15, 0.2) is 48.7 Å². The first-order valence-corrected chi connectivity index (χ1v) is 11.0. The van der Waals surface area contributed by atoms with Crippen LogP contribution in [0.1, 0.15) is 42.7 Å². The molecule has 2 N–H and O–H groups in total. The van der Waals surface area contributed by atoms with Crippen LogP contribution in [0, 0.1) is 0 Å². The number of anilines is 3. The number of ether oxygens (including phenoxy) is 2. The molecule has 2 aliphatic rings. The number of H-pyrrole nitrogens is 1. The zero-order chi connectivity index (χ0) is 22.3. The number of carbonyl (C=O) groups is 1. The van der Waals surface area contributed by atoms with Gasteiger partial charge in [0.2, 0.25) is 0 Å². The average Bonchev–Trinajstić information content (AvgIpc) is 3.35. The van der Waals surface area contributed by atoms with Crippen molar-refractivity contribution < 1.29 is 14.3 Å². The fraction of sp³-hybridized carbons (Fsp3) is 0.360. The van der Waals surface area contributed by atoms with Crippen molar-refractivity contribution in [2.24, 2.45) is 0 Å². The number of fused-ring (bicyclic) bond motifs is 1. The summed E-state index contributed by atoms with van der Waals surface area (Å²) in [6, 6.07) is 13.9. The maximum Gasteiger partial charge on any atom is 0.166 e. The lowest BCUT2D eigenvalue weighted by Gasteiger charge is -2.26. The second-order valence-electron chi connectivity index (χ2n) is 8.79. The van der Waals surface area contributed by atoms with Crippen LogP contribution in [-0.2, 0) is 15.9 Å². The van der Waals surface area contributed by atoms with Gasteiger partial charge < -0.3 is 24.7 Å². The first kappa shape index (κ1) is 20.7. The molecule has 1 saturated heterocycles. The van der Waals surface area contributed by atoms with Crippen molar-refractivity contribution in [3.63, 3.8) is 0 Å². The van der Waals surface area contributed by atoms with Gasteiger partial charge in [-0.25, -0.2) is 4.98 Å². The first-order chi connectivity index (χ1) is 15.4. The van der Waals surface area contributed by atoms with Gasteiger partial charge in [-0.05, 0) is 51.0 Å². The summed E-state index contributed by atoms with van der Waals surface area (Å²) in [5, 5.41) is 3.49. The molecule has 0 amide bonds. The molecule has 3 aromatic rings. The van der Waals surface area contributed by atoms with E-state index in [1.54, 1.807) is 6.20 Å². The predicted molar refractivity (Wildman–Crippen MR) is 124 cm³/mol. The number of aryl methyl sites for hydroxylation is 1. The molecule has 0 radical (unpaired) electrons. The highest BCUT2D eigenvalue weighted by Gasteiger charge is 2.35. The van der Waals surface area contributed by atoms with E-state index >= 15 is 0 Å². The summed E-state index contributed by atoms with van der Waals surface area (Å²) in [7, 11) is 1.95. The smallest absolute Gasteiger partial charge is 0.166 e. The number of aromatic amines is 1. The molecule has 1 aliphatic heterocycles. The molecule has 0 saturated carbocycles. The van der Waals surface area contributed by atoms with Crippen molar-refractivity contribution >= 4 is 23.0 Å². The summed E-state index contributed by atoms with van der Waals surface area (Å²) in [6.07, 6.45) is 3.89. The Bertz CT molecular complexity index is 1140. The van der Waals surface area contributed by atoms with Crippen molar-refractivity contribution in [2.75, 3.05) is 23.9 Å². The molecule has 0 spiro atoms. The molecular formula is C25H28N4O3. The van der Waals surface area contributed by atoms with E-state index in [2.05, 4.69) is 15.3 Å². The summed E-state index contributed by atoms with van der Waals surface area (Å²) in [5.74, 6) is 0.345. The number of Topliss-reactive ketones (excluding diaryl/α,β-unsaturated/α-hetero) is 1. The summed E-state index contributed by atoms with van der Waals surface area (Å²) < 4.78 is 11.7. The summed E-state index contributed by atoms with van der Waals surface area (Å²) in [4.78, 5) is 22.9. The number of nitrogens with one attached hydrogen (secondary N) is 2. The molecule has 3 heterocycles. The van der Waals surface area contributed by atoms with E-state index in [0.717, 1.165) is 52.5 Å². The predicted octanol–water partition coefficient (Wildman–Crippen LogP) is 4.88. The first-order valence-electron chi connectivity index (χ1n) is 11.0. The Morgan fingerprint density at radius 2 is 2.00 bits per heavy atom. The van der Waals surface area contributed by atoms with Gasteiger partial charge in [0, 0.05) is 36.6 Å². The van der Waals surface area contributed by atoms with Gasteiger partial charge in [-0.1, -0.05) is 18.2 Å². The molecule has 1 aromatic carbocycles. The van der Waals surface area contributed by atoms with Crippen LogP contribution in [0.25, 0.3) is 11.3 Å². The van der Waals surface area contributed by atoms with Crippen LogP contribution in [0.2, 0.25) is 0 Å². The molecule has 5 rings (SSSR count). The quantitative estimate of drug-likeness (QED) is 0.598. The zero-order valence-corrected chi connectivity index (χ0v) is 18.6. The van der Waals surface area contributed by atoms with E-state index in [1.807, 2.05) is 68.3 Å². The number of ketones is 1. The number of para-hydroxylation sites is 1. The van der Waals surface area contributed by atoms with Crippen molar-refractivity contribution in [1.82, 2.24) is 9.97 Å². The average molecular weight is 433 g/mol. The molecule has 166 valence electrons. The Balaban J connectivity index is 1.53. The molecule has 1 aliphatic carbocycles. The van der Waals surface area contributed by atoms with Crippen LogP contribution in [0.4, 0.5) is 17.2 Å². The highest BCUT2D eigenvalue weighted by atomic mass is 16.8. The third-order valence-electron chi connectivity index (χ3n) is 6.05. The number of rotatable bonds is 5. The number of pyridine rings is 1. The van der Waals surface area contributed by atoms with Gasteiger partial charge in [-0.15, -0.1) is 0 Å². The van der Waals surface area contributed by atoms with E-state index in [-0.39, 0.29) is 12.0 Å². The Morgan fingerprint density at radius 3 is 2.75 bits per heavy atom. The Hall–Kier alpha value is -3.16. The molecule has 7 nitrogen and oxygen atoms in total. The number of hydrogen-bond donors (Lipinski definition) is 2. The van der Waals surface area contributed by atoms with E-state index in [0.29, 0.717) is 13.0 Å². The second-order valence-corrected chi connectivity index (χ2v) is 8.79. The molecule has 1 fully saturated rings. The number of aromatic nitrogens is 2. The fourth-order valence-corrected chi connectivity index (χ4v) is 4.38. The molecule has 7 heteroatoms. The second kappa shape index (κ2) is 8.07. The lowest BCUT2D eigenvalue weighted by atomic mass is 9.95. The third kappa shape index (κ3) is 3.89. The van der Waals surface area contributed by atoms with Crippen LogP contribution in [0.3, 0.4) is 0 Å². The number of hydrogen-bond acceptors (Lipinski definition) is 6. The monoisotopic (exact) mass is 432 g/mol. The van der Waals surface area contributed by atoms with Crippen molar-refractivity contribution in [2.45, 2.75) is 45.1 Å². The van der Waals surface area contributed by atoms with Gasteiger partial charge in [0.15, 0.2) is 17.8 Å². The minimum Gasteiger partial charge on any atom is -0.356 e. The topological polar surface area (TPSA) is 79.5 Å². The summed E-state index contributed by atoms with van der Waals surface area (Å²) in [6.45, 7) is 4.29. The van der Waals surface area contributed by atoms with Crippen molar-refractivity contribution in [1.29, 1.82) is 0 Å². The fourth-order valence-electron chi connectivity index (χ4n) is 4.38. The molecule has 0 bridgehead atoms. The largest absolute Gasteiger partial charge is 0.356 e. The Morgan fingerprint density at radius 1 is 1.19 bits per heavy atom.